The Morgan fingerprint density at radius 1 is 1.54 bits per heavy atom. The lowest BCUT2D eigenvalue weighted by Crippen LogP contribution is -1.88. The Hall–Kier alpha value is -1.75. The summed E-state index contributed by atoms with van der Waals surface area (Å²) in [5, 5.41) is 8.62. The van der Waals surface area contributed by atoms with Crippen molar-refractivity contribution in [2.75, 3.05) is 7.11 Å². The zero-order valence-electron chi connectivity index (χ0n) is 7.79. The van der Waals surface area contributed by atoms with Crippen molar-refractivity contribution in [3.05, 3.63) is 35.9 Å². The van der Waals surface area contributed by atoms with Gasteiger partial charge in [0.1, 0.15) is 5.75 Å². The number of hydrogen-bond donors (Lipinski definition) is 0. The van der Waals surface area contributed by atoms with Crippen molar-refractivity contribution >= 4 is 5.57 Å². The fraction of sp³-hybridized carbons (Fsp3) is 0.182. The maximum absolute atomic E-state index is 8.62. The molecule has 0 fully saturated rings. The normalized spacial score (nSPS) is 9.00. The zero-order chi connectivity index (χ0) is 9.84. The SMILES string of the molecule is C=C(C#N)c1ccc(OC)c(C)c1. The van der Waals surface area contributed by atoms with Gasteiger partial charge < -0.3 is 4.74 Å². The summed E-state index contributed by atoms with van der Waals surface area (Å²) >= 11 is 0. The molecule has 0 unspecified atom stereocenters. The van der Waals surface area contributed by atoms with Crippen LogP contribution < -0.4 is 4.74 Å². The Kier molecular flexibility index (Phi) is 2.71. The van der Waals surface area contributed by atoms with Crippen LogP contribution in [0.15, 0.2) is 24.8 Å². The Labute approximate surface area is 78.1 Å². The van der Waals surface area contributed by atoms with Crippen molar-refractivity contribution < 1.29 is 4.74 Å². The molecular weight excluding hydrogens is 162 g/mol. The second kappa shape index (κ2) is 3.77. The minimum absolute atomic E-state index is 0.478. The van der Waals surface area contributed by atoms with Gasteiger partial charge in [-0.3, -0.25) is 0 Å². The fourth-order valence-electron chi connectivity index (χ4n) is 1.13. The number of methoxy groups -OCH3 is 1. The molecule has 0 bridgehead atoms. The first-order valence-electron chi connectivity index (χ1n) is 3.93. The number of benzene rings is 1. The Morgan fingerprint density at radius 3 is 2.69 bits per heavy atom. The number of hydrogen-bond acceptors (Lipinski definition) is 2. The lowest BCUT2D eigenvalue weighted by atomic mass is 10.1. The van der Waals surface area contributed by atoms with E-state index in [2.05, 4.69) is 6.58 Å². The molecule has 0 N–H and O–H groups in total. The number of rotatable bonds is 2. The van der Waals surface area contributed by atoms with E-state index in [1.165, 1.54) is 0 Å². The highest BCUT2D eigenvalue weighted by molar-refractivity contribution is 5.75. The largest absolute Gasteiger partial charge is 0.496 e. The van der Waals surface area contributed by atoms with E-state index >= 15 is 0 Å². The smallest absolute Gasteiger partial charge is 0.121 e. The third-order valence-electron chi connectivity index (χ3n) is 1.88. The minimum atomic E-state index is 0.478. The topological polar surface area (TPSA) is 33.0 Å². The second-order valence-corrected chi connectivity index (χ2v) is 2.77. The quantitative estimate of drug-likeness (QED) is 0.644. The van der Waals surface area contributed by atoms with Crippen LogP contribution in [-0.4, -0.2) is 7.11 Å². The van der Waals surface area contributed by atoms with Gasteiger partial charge in [-0.05, 0) is 36.2 Å². The van der Waals surface area contributed by atoms with Crippen LogP contribution in [0.1, 0.15) is 11.1 Å². The lowest BCUT2D eigenvalue weighted by Gasteiger charge is -2.05. The van der Waals surface area contributed by atoms with E-state index in [9.17, 15) is 0 Å². The Bertz CT molecular complexity index is 374. The molecule has 2 nitrogen and oxygen atoms in total. The molecule has 0 aliphatic carbocycles. The molecule has 0 aromatic heterocycles. The van der Waals surface area contributed by atoms with E-state index in [4.69, 9.17) is 10.00 Å². The van der Waals surface area contributed by atoms with Gasteiger partial charge >= 0.3 is 0 Å². The number of aryl methyl sites for hydroxylation is 1. The van der Waals surface area contributed by atoms with Gasteiger partial charge in [0.15, 0.2) is 0 Å². The van der Waals surface area contributed by atoms with E-state index in [0.717, 1.165) is 16.9 Å². The van der Waals surface area contributed by atoms with Gasteiger partial charge in [0.2, 0.25) is 0 Å². The molecule has 0 amide bonds. The van der Waals surface area contributed by atoms with Crippen LogP contribution >= 0.6 is 0 Å². The molecule has 0 aliphatic rings. The third-order valence-corrected chi connectivity index (χ3v) is 1.88. The van der Waals surface area contributed by atoms with Crippen molar-refractivity contribution in [2.24, 2.45) is 0 Å². The van der Waals surface area contributed by atoms with Crippen LogP contribution in [0.25, 0.3) is 5.57 Å². The molecular formula is C11H11NO. The molecule has 13 heavy (non-hydrogen) atoms. The standard InChI is InChI=1S/C11H11NO/c1-8-6-10(9(2)7-12)4-5-11(8)13-3/h4-6H,2H2,1,3H3. The molecule has 1 aromatic rings. The first kappa shape index (κ1) is 9.34. The first-order valence-corrected chi connectivity index (χ1v) is 3.93. The summed E-state index contributed by atoms with van der Waals surface area (Å²) in [7, 11) is 1.63. The number of nitrogens with zero attached hydrogens (tertiary/aromatic N) is 1. The minimum Gasteiger partial charge on any atom is -0.496 e. The van der Waals surface area contributed by atoms with Gasteiger partial charge in [0, 0.05) is 0 Å². The second-order valence-electron chi connectivity index (χ2n) is 2.77. The van der Waals surface area contributed by atoms with Crippen molar-refractivity contribution in [1.82, 2.24) is 0 Å². The molecule has 66 valence electrons. The summed E-state index contributed by atoms with van der Waals surface area (Å²) in [5.74, 6) is 0.828. The maximum Gasteiger partial charge on any atom is 0.121 e. The van der Waals surface area contributed by atoms with Crippen molar-refractivity contribution in [3.8, 4) is 11.8 Å². The van der Waals surface area contributed by atoms with Crippen molar-refractivity contribution in [3.63, 3.8) is 0 Å². The first-order chi connectivity index (χ1) is 6.19. The Morgan fingerprint density at radius 2 is 2.23 bits per heavy atom. The molecule has 0 saturated carbocycles. The predicted octanol–water partition coefficient (Wildman–Crippen LogP) is 2.54. The zero-order valence-corrected chi connectivity index (χ0v) is 7.79. The summed E-state index contributed by atoms with van der Waals surface area (Å²) in [6.45, 7) is 5.58. The highest BCUT2D eigenvalue weighted by Gasteiger charge is 2.01. The van der Waals surface area contributed by atoms with Gasteiger partial charge in [-0.15, -0.1) is 0 Å². The predicted molar refractivity (Wildman–Crippen MR) is 52.4 cm³/mol. The summed E-state index contributed by atoms with van der Waals surface area (Å²) < 4.78 is 5.10. The van der Waals surface area contributed by atoms with Crippen molar-refractivity contribution in [2.45, 2.75) is 6.92 Å². The van der Waals surface area contributed by atoms with Gasteiger partial charge in [0.25, 0.3) is 0 Å². The molecule has 0 atom stereocenters. The highest BCUT2D eigenvalue weighted by atomic mass is 16.5. The van der Waals surface area contributed by atoms with Crippen LogP contribution in [-0.2, 0) is 0 Å². The van der Waals surface area contributed by atoms with Gasteiger partial charge in [-0.25, -0.2) is 0 Å². The van der Waals surface area contributed by atoms with Crippen LogP contribution in [0.2, 0.25) is 0 Å². The van der Waals surface area contributed by atoms with E-state index in [1.54, 1.807) is 7.11 Å². The summed E-state index contributed by atoms with van der Waals surface area (Å²) in [6, 6.07) is 7.58. The Balaban J connectivity index is 3.11. The molecule has 0 aliphatic heterocycles. The van der Waals surface area contributed by atoms with Crippen molar-refractivity contribution in [1.29, 1.82) is 5.26 Å². The van der Waals surface area contributed by atoms with Gasteiger partial charge in [-0.2, -0.15) is 5.26 Å². The number of nitriles is 1. The van der Waals surface area contributed by atoms with Crippen LogP contribution in [0.3, 0.4) is 0 Å². The molecule has 1 aromatic carbocycles. The number of allylic oxidation sites excluding steroid dienone is 1. The summed E-state index contributed by atoms with van der Waals surface area (Å²) in [4.78, 5) is 0. The van der Waals surface area contributed by atoms with Crippen LogP contribution in [0, 0.1) is 18.3 Å². The highest BCUT2D eigenvalue weighted by Crippen LogP contribution is 2.21. The monoisotopic (exact) mass is 173 g/mol. The van der Waals surface area contributed by atoms with Gasteiger partial charge in [0.05, 0.1) is 18.8 Å². The van der Waals surface area contributed by atoms with E-state index in [1.807, 2.05) is 31.2 Å². The lowest BCUT2D eigenvalue weighted by molar-refractivity contribution is 0.411. The van der Waals surface area contributed by atoms with Crippen LogP contribution in [0.4, 0.5) is 0 Å². The summed E-state index contributed by atoms with van der Waals surface area (Å²) in [6.07, 6.45) is 0. The molecule has 1 rings (SSSR count). The molecule has 0 radical (unpaired) electrons. The maximum atomic E-state index is 8.62. The molecule has 0 heterocycles. The fourth-order valence-corrected chi connectivity index (χ4v) is 1.13. The van der Waals surface area contributed by atoms with E-state index in [0.29, 0.717) is 5.57 Å². The van der Waals surface area contributed by atoms with E-state index in [-0.39, 0.29) is 0 Å². The molecule has 2 heteroatoms. The third kappa shape index (κ3) is 1.88. The molecule has 0 saturated heterocycles. The van der Waals surface area contributed by atoms with Crippen LogP contribution in [0.5, 0.6) is 5.75 Å². The average molecular weight is 173 g/mol. The van der Waals surface area contributed by atoms with E-state index < -0.39 is 0 Å². The average Bonchev–Trinajstić information content (AvgIpc) is 2.16. The van der Waals surface area contributed by atoms with Gasteiger partial charge in [-0.1, -0.05) is 6.58 Å². The summed E-state index contributed by atoms with van der Waals surface area (Å²) in [5.41, 5.74) is 2.34. The number of ether oxygens (including phenoxy) is 1. The molecule has 0 spiro atoms.